The number of amides is 1. The number of fused-ring (bicyclic) bond motifs is 1. The zero-order valence-corrected chi connectivity index (χ0v) is 17.9. The summed E-state index contributed by atoms with van der Waals surface area (Å²) in [4.78, 5) is 12.6. The van der Waals surface area contributed by atoms with Crippen LogP contribution in [0.3, 0.4) is 0 Å². The normalized spacial score (nSPS) is 16.3. The van der Waals surface area contributed by atoms with E-state index in [1.165, 1.54) is 27.9 Å². The third kappa shape index (κ3) is 4.80. The van der Waals surface area contributed by atoms with Gasteiger partial charge in [-0.3, -0.25) is 4.68 Å². The Morgan fingerprint density at radius 3 is 2.45 bits per heavy atom. The Labute approximate surface area is 187 Å². The van der Waals surface area contributed by atoms with Crippen molar-refractivity contribution in [2.45, 2.75) is 31.0 Å². The number of halogens is 4. The molecule has 1 fully saturated rings. The third-order valence-electron chi connectivity index (χ3n) is 6.21. The molecule has 0 radical (unpaired) electrons. The van der Waals surface area contributed by atoms with Crippen LogP contribution in [0, 0.1) is 5.82 Å². The Morgan fingerprint density at radius 2 is 1.85 bits per heavy atom. The fourth-order valence-corrected chi connectivity index (χ4v) is 4.40. The molecule has 1 aromatic heterocycles. The van der Waals surface area contributed by atoms with E-state index in [9.17, 15) is 27.5 Å². The topological polar surface area (TPSA) is 67.6 Å². The van der Waals surface area contributed by atoms with Crippen LogP contribution in [0.5, 0.6) is 0 Å². The molecule has 10 heteroatoms. The molecule has 0 atom stereocenters. The molecule has 1 aliphatic heterocycles. The lowest BCUT2D eigenvalue weighted by Crippen LogP contribution is -2.47. The zero-order valence-electron chi connectivity index (χ0n) is 17.9. The summed E-state index contributed by atoms with van der Waals surface area (Å²) in [6.07, 6.45) is -3.09. The molecule has 2 heterocycles. The molecule has 1 N–H and O–H groups in total. The summed E-state index contributed by atoms with van der Waals surface area (Å²) in [6.45, 7) is 0.619. The number of ether oxygens (including phenoxy) is 1. The van der Waals surface area contributed by atoms with Crippen molar-refractivity contribution < 1.29 is 32.2 Å². The molecule has 0 unspecified atom stereocenters. The van der Waals surface area contributed by atoms with Crippen LogP contribution in [0.4, 0.5) is 22.4 Å². The molecular formula is C23H23F4N3O3. The van der Waals surface area contributed by atoms with E-state index in [-0.39, 0.29) is 32.1 Å². The van der Waals surface area contributed by atoms with E-state index in [1.807, 2.05) is 0 Å². The second-order valence-corrected chi connectivity index (χ2v) is 8.42. The van der Waals surface area contributed by atoms with Gasteiger partial charge in [0.1, 0.15) is 5.82 Å². The van der Waals surface area contributed by atoms with Crippen molar-refractivity contribution in [3.63, 3.8) is 0 Å². The van der Waals surface area contributed by atoms with E-state index < -0.39 is 23.2 Å². The van der Waals surface area contributed by atoms with Crippen LogP contribution >= 0.6 is 0 Å². The molecule has 0 bridgehead atoms. The number of benzene rings is 2. The molecule has 0 aliphatic carbocycles. The van der Waals surface area contributed by atoms with Crippen LogP contribution in [0.25, 0.3) is 10.9 Å². The van der Waals surface area contributed by atoms with Crippen LogP contribution in [0.2, 0.25) is 0 Å². The first-order chi connectivity index (χ1) is 15.6. The second-order valence-electron chi connectivity index (χ2n) is 8.42. The largest absolute Gasteiger partial charge is 0.465 e. The van der Waals surface area contributed by atoms with Gasteiger partial charge < -0.3 is 14.7 Å². The average molecular weight is 465 g/mol. The number of piperidine rings is 1. The van der Waals surface area contributed by atoms with Crippen molar-refractivity contribution >= 4 is 17.0 Å². The molecular weight excluding hydrogens is 442 g/mol. The molecule has 4 rings (SSSR count). The monoisotopic (exact) mass is 465 g/mol. The van der Waals surface area contributed by atoms with Crippen molar-refractivity contribution in [2.75, 3.05) is 19.7 Å². The summed E-state index contributed by atoms with van der Waals surface area (Å²) in [5.41, 5.74) is 0.204. The first kappa shape index (κ1) is 23.0. The maximum atomic E-state index is 13.5. The highest BCUT2D eigenvalue weighted by Crippen LogP contribution is 2.37. The molecule has 3 aromatic rings. The minimum atomic E-state index is -4.50. The van der Waals surface area contributed by atoms with Crippen LogP contribution in [0.15, 0.2) is 42.6 Å². The van der Waals surface area contributed by atoms with Crippen molar-refractivity contribution in [1.29, 1.82) is 0 Å². The number of alkyl halides is 3. The number of aryl methyl sites for hydroxylation is 1. The standard InChI is InChI=1S/C23H23F4N3O3/c1-29-12-15-10-18(23(25,26)27)11-16(20(15)28-29)13-33-14-22(17-2-4-19(24)5-3-17)6-8-30(9-7-22)21(31)32/h2-5,10-12H,6-9,13-14H2,1H3,(H,31,32). The molecule has 176 valence electrons. The van der Waals surface area contributed by atoms with Crippen molar-refractivity contribution in [2.24, 2.45) is 7.05 Å². The van der Waals surface area contributed by atoms with E-state index in [0.717, 1.165) is 17.7 Å². The first-order valence-corrected chi connectivity index (χ1v) is 10.4. The molecule has 33 heavy (non-hydrogen) atoms. The lowest BCUT2D eigenvalue weighted by molar-refractivity contribution is -0.137. The van der Waals surface area contributed by atoms with Gasteiger partial charge in [0.25, 0.3) is 0 Å². The summed E-state index contributed by atoms with van der Waals surface area (Å²) in [6, 6.07) is 8.09. The number of hydrogen-bond donors (Lipinski definition) is 1. The number of rotatable bonds is 5. The molecule has 2 aromatic carbocycles. The SMILES string of the molecule is Cn1cc2cc(C(F)(F)F)cc(COCC3(c4ccc(F)cc4)CCN(C(=O)O)CC3)c2n1. The maximum Gasteiger partial charge on any atom is 0.416 e. The number of hydrogen-bond acceptors (Lipinski definition) is 3. The third-order valence-corrected chi connectivity index (χ3v) is 6.21. The van der Waals surface area contributed by atoms with E-state index in [4.69, 9.17) is 4.74 Å². The number of nitrogens with zero attached hydrogens (tertiary/aromatic N) is 3. The Morgan fingerprint density at radius 1 is 1.18 bits per heavy atom. The highest BCUT2D eigenvalue weighted by atomic mass is 19.4. The van der Waals surface area contributed by atoms with Gasteiger partial charge in [-0.1, -0.05) is 12.1 Å². The Hall–Kier alpha value is -3.14. The Balaban J connectivity index is 1.58. The summed E-state index contributed by atoms with van der Waals surface area (Å²) < 4.78 is 61.0. The molecule has 0 saturated carbocycles. The zero-order chi connectivity index (χ0) is 23.8. The van der Waals surface area contributed by atoms with E-state index in [2.05, 4.69) is 5.10 Å². The van der Waals surface area contributed by atoms with Gasteiger partial charge in [0, 0.05) is 42.7 Å². The molecule has 6 nitrogen and oxygen atoms in total. The van der Waals surface area contributed by atoms with Gasteiger partial charge in [-0.2, -0.15) is 18.3 Å². The predicted molar refractivity (Wildman–Crippen MR) is 112 cm³/mol. The smallest absolute Gasteiger partial charge is 0.416 e. The lowest BCUT2D eigenvalue weighted by atomic mass is 9.73. The fraction of sp³-hybridized carbons (Fsp3) is 0.391. The van der Waals surface area contributed by atoms with Crippen LogP contribution in [-0.4, -0.2) is 45.6 Å². The van der Waals surface area contributed by atoms with Gasteiger partial charge in [-0.25, -0.2) is 9.18 Å². The van der Waals surface area contributed by atoms with Gasteiger partial charge in [0.15, 0.2) is 0 Å². The lowest BCUT2D eigenvalue weighted by Gasteiger charge is -2.41. The van der Waals surface area contributed by atoms with Crippen molar-refractivity contribution in [3.8, 4) is 0 Å². The highest BCUT2D eigenvalue weighted by Gasteiger charge is 2.38. The van der Waals surface area contributed by atoms with Crippen LogP contribution in [0.1, 0.15) is 29.5 Å². The quantitative estimate of drug-likeness (QED) is 0.541. The Bertz CT molecular complexity index is 1150. The number of aromatic nitrogens is 2. The van der Waals surface area contributed by atoms with E-state index in [0.29, 0.717) is 29.3 Å². The highest BCUT2D eigenvalue weighted by molar-refractivity contribution is 5.82. The van der Waals surface area contributed by atoms with Gasteiger partial charge in [0.2, 0.25) is 0 Å². The van der Waals surface area contributed by atoms with Crippen LogP contribution in [-0.2, 0) is 30.0 Å². The van der Waals surface area contributed by atoms with Gasteiger partial charge in [-0.05, 0) is 42.7 Å². The summed E-state index contributed by atoms with van der Waals surface area (Å²) >= 11 is 0. The van der Waals surface area contributed by atoms with E-state index >= 15 is 0 Å². The second kappa shape index (κ2) is 8.66. The van der Waals surface area contributed by atoms with E-state index in [1.54, 1.807) is 19.2 Å². The average Bonchev–Trinajstić information content (AvgIpc) is 3.14. The predicted octanol–water partition coefficient (Wildman–Crippen LogP) is 4.96. The molecule has 1 aliphatic rings. The summed E-state index contributed by atoms with van der Waals surface area (Å²) in [5.74, 6) is -0.390. The van der Waals surface area contributed by atoms with Gasteiger partial charge in [0.05, 0.1) is 24.3 Å². The molecule has 1 amide bonds. The summed E-state index contributed by atoms with van der Waals surface area (Å²) in [5, 5.41) is 13.9. The minimum absolute atomic E-state index is 0.0942. The fourth-order valence-electron chi connectivity index (χ4n) is 4.40. The van der Waals surface area contributed by atoms with Crippen LogP contribution < -0.4 is 0 Å². The maximum absolute atomic E-state index is 13.5. The number of carbonyl (C=O) groups is 1. The number of carboxylic acid groups (broad SMARTS) is 1. The molecule has 1 saturated heterocycles. The Kier molecular flexibility index (Phi) is 6.04. The van der Waals surface area contributed by atoms with Crippen molar-refractivity contribution in [3.05, 3.63) is 65.1 Å². The van der Waals surface area contributed by atoms with Gasteiger partial charge in [-0.15, -0.1) is 0 Å². The minimum Gasteiger partial charge on any atom is -0.465 e. The first-order valence-electron chi connectivity index (χ1n) is 10.4. The number of likely N-dealkylation sites (tertiary alicyclic amines) is 1. The van der Waals surface area contributed by atoms with Crippen molar-refractivity contribution in [1.82, 2.24) is 14.7 Å². The summed E-state index contributed by atoms with van der Waals surface area (Å²) in [7, 11) is 1.64. The molecule has 0 spiro atoms. The van der Waals surface area contributed by atoms with Gasteiger partial charge >= 0.3 is 12.3 Å².